The van der Waals surface area contributed by atoms with Crippen LogP contribution in [0.1, 0.15) is 23.1 Å². The first-order chi connectivity index (χ1) is 15.1. The van der Waals surface area contributed by atoms with Crippen LogP contribution in [0.25, 0.3) is 5.76 Å². The fraction of sp³-hybridized carbons (Fsp3) is 0.174. The molecule has 0 bridgehead atoms. The summed E-state index contributed by atoms with van der Waals surface area (Å²) >= 11 is 0. The van der Waals surface area contributed by atoms with Gasteiger partial charge in [0.15, 0.2) is 0 Å². The molecule has 8 heteroatoms. The third-order valence-electron chi connectivity index (χ3n) is 5.08. The van der Waals surface area contributed by atoms with Crippen LogP contribution in [0.2, 0.25) is 0 Å². The van der Waals surface area contributed by atoms with Crippen molar-refractivity contribution >= 4 is 17.4 Å². The molecular weight excluding hydrogens is 400 g/mol. The number of pyridine rings is 1. The van der Waals surface area contributed by atoms with Crippen molar-refractivity contribution in [3.05, 3.63) is 83.6 Å². The highest BCUT2D eigenvalue weighted by molar-refractivity contribution is 6.46. The number of aliphatic hydroxyl groups excluding tert-OH is 1. The highest BCUT2D eigenvalue weighted by Crippen LogP contribution is 2.43. The average molecular weight is 420 g/mol. The molecule has 4 rings (SSSR count). The third kappa shape index (κ3) is 3.52. The molecule has 1 aliphatic heterocycles. The SMILES string of the molecule is COc1cccc(OC)c1/C(O)=C1\C(=O)C(=O)N(Cc2ccco2)C1c1ccccn1. The molecule has 158 valence electrons. The second-order valence-corrected chi connectivity index (χ2v) is 6.80. The van der Waals surface area contributed by atoms with Gasteiger partial charge >= 0.3 is 0 Å². The topological polar surface area (TPSA) is 102 Å². The van der Waals surface area contributed by atoms with E-state index >= 15 is 0 Å². The summed E-state index contributed by atoms with van der Waals surface area (Å²) in [5, 5.41) is 11.3. The lowest BCUT2D eigenvalue weighted by atomic mass is 9.97. The van der Waals surface area contributed by atoms with Gasteiger partial charge in [-0.3, -0.25) is 14.6 Å². The number of nitrogens with zero attached hydrogens (tertiary/aromatic N) is 2. The van der Waals surface area contributed by atoms with E-state index < -0.39 is 23.5 Å². The molecule has 0 spiro atoms. The van der Waals surface area contributed by atoms with E-state index in [4.69, 9.17) is 13.9 Å². The number of Topliss-reactive ketones (excluding diaryl/α,β-unsaturated/α-hetero) is 1. The molecule has 1 aliphatic rings. The Hall–Kier alpha value is -4.07. The van der Waals surface area contributed by atoms with Crippen LogP contribution in [0.5, 0.6) is 11.5 Å². The van der Waals surface area contributed by atoms with Gasteiger partial charge in [0, 0.05) is 6.20 Å². The number of carbonyl (C=O) groups excluding carboxylic acids is 2. The summed E-state index contributed by atoms with van der Waals surface area (Å²) < 4.78 is 16.1. The Balaban J connectivity index is 1.93. The Morgan fingerprint density at radius 1 is 1.06 bits per heavy atom. The predicted octanol–water partition coefficient (Wildman–Crippen LogP) is 3.31. The summed E-state index contributed by atoms with van der Waals surface area (Å²) in [4.78, 5) is 31.7. The van der Waals surface area contributed by atoms with Gasteiger partial charge in [0.05, 0.1) is 38.3 Å². The second kappa shape index (κ2) is 8.35. The van der Waals surface area contributed by atoms with Crippen molar-refractivity contribution in [1.29, 1.82) is 0 Å². The molecule has 1 N–H and O–H groups in total. The largest absolute Gasteiger partial charge is 0.506 e. The molecule has 1 unspecified atom stereocenters. The summed E-state index contributed by atoms with van der Waals surface area (Å²) in [7, 11) is 2.88. The predicted molar refractivity (Wildman–Crippen MR) is 110 cm³/mol. The van der Waals surface area contributed by atoms with E-state index in [9.17, 15) is 14.7 Å². The third-order valence-corrected chi connectivity index (χ3v) is 5.08. The lowest BCUT2D eigenvalue weighted by Gasteiger charge is -2.24. The minimum atomic E-state index is -0.916. The highest BCUT2D eigenvalue weighted by atomic mass is 16.5. The van der Waals surface area contributed by atoms with E-state index in [-0.39, 0.29) is 17.7 Å². The zero-order chi connectivity index (χ0) is 22.0. The van der Waals surface area contributed by atoms with Crippen molar-refractivity contribution in [3.63, 3.8) is 0 Å². The summed E-state index contributed by atoms with van der Waals surface area (Å²) in [5.74, 6) is -0.888. The van der Waals surface area contributed by atoms with Gasteiger partial charge in [-0.1, -0.05) is 12.1 Å². The van der Waals surface area contributed by atoms with Gasteiger partial charge in [-0.2, -0.15) is 0 Å². The molecule has 1 saturated heterocycles. The van der Waals surface area contributed by atoms with E-state index in [0.29, 0.717) is 23.0 Å². The van der Waals surface area contributed by atoms with Crippen molar-refractivity contribution in [1.82, 2.24) is 9.88 Å². The molecule has 8 nitrogen and oxygen atoms in total. The molecule has 3 aromatic rings. The molecule has 0 aliphatic carbocycles. The molecular formula is C23H20N2O6. The minimum absolute atomic E-state index is 0.0403. The molecule has 2 aromatic heterocycles. The fourth-order valence-corrected chi connectivity index (χ4v) is 3.68. The normalized spacial score (nSPS) is 17.7. The maximum absolute atomic E-state index is 13.1. The standard InChI is InChI=1S/C23H20N2O6/c1-29-16-9-5-10-17(30-2)18(16)21(26)19-20(15-8-3-4-11-24-15)25(23(28)22(19)27)13-14-7-6-12-31-14/h3-12,20,26H,13H2,1-2H3/b21-19+. The van der Waals surface area contributed by atoms with Gasteiger partial charge in [-0.15, -0.1) is 0 Å². The summed E-state index contributed by atoms with van der Waals surface area (Å²) in [6.45, 7) is 0.0403. The lowest BCUT2D eigenvalue weighted by Crippen LogP contribution is -2.29. The zero-order valence-corrected chi connectivity index (χ0v) is 16.9. The Morgan fingerprint density at radius 2 is 1.81 bits per heavy atom. The van der Waals surface area contributed by atoms with Crippen LogP contribution in [0.3, 0.4) is 0 Å². The molecule has 3 heterocycles. The summed E-state index contributed by atoms with van der Waals surface area (Å²) in [6, 6.07) is 12.6. The molecule has 0 radical (unpaired) electrons. The number of aromatic nitrogens is 1. The van der Waals surface area contributed by atoms with Gasteiger partial charge in [-0.25, -0.2) is 0 Å². The first kappa shape index (κ1) is 20.2. The second-order valence-electron chi connectivity index (χ2n) is 6.80. The number of ether oxygens (including phenoxy) is 2. The number of hydrogen-bond donors (Lipinski definition) is 1. The van der Waals surface area contributed by atoms with Gasteiger partial charge in [0.1, 0.15) is 34.6 Å². The molecule has 1 fully saturated rings. The average Bonchev–Trinajstić information content (AvgIpc) is 3.41. The van der Waals surface area contributed by atoms with Crippen LogP contribution in [0, 0.1) is 0 Å². The molecule has 1 amide bonds. The van der Waals surface area contributed by atoms with Crippen molar-refractivity contribution in [3.8, 4) is 11.5 Å². The van der Waals surface area contributed by atoms with E-state index in [1.165, 1.54) is 25.4 Å². The first-order valence-corrected chi connectivity index (χ1v) is 9.50. The Morgan fingerprint density at radius 3 is 2.39 bits per heavy atom. The molecule has 1 atom stereocenters. The van der Waals surface area contributed by atoms with Crippen LogP contribution < -0.4 is 9.47 Å². The number of amides is 1. The summed E-state index contributed by atoms with van der Waals surface area (Å²) in [6.07, 6.45) is 3.05. The van der Waals surface area contributed by atoms with Gasteiger partial charge < -0.3 is 23.9 Å². The number of methoxy groups -OCH3 is 2. The maximum atomic E-state index is 13.1. The van der Waals surface area contributed by atoms with Crippen LogP contribution in [0.15, 0.2) is 71.0 Å². The number of rotatable bonds is 6. The molecule has 1 aromatic carbocycles. The number of ketones is 1. The van der Waals surface area contributed by atoms with Gasteiger partial charge in [0.2, 0.25) is 0 Å². The molecule has 31 heavy (non-hydrogen) atoms. The van der Waals surface area contributed by atoms with E-state index in [0.717, 1.165) is 0 Å². The number of aliphatic hydroxyl groups is 1. The van der Waals surface area contributed by atoms with Crippen molar-refractivity contribution in [2.45, 2.75) is 12.6 Å². The molecule has 0 saturated carbocycles. The fourth-order valence-electron chi connectivity index (χ4n) is 3.68. The van der Waals surface area contributed by atoms with E-state index in [1.807, 2.05) is 0 Å². The smallest absolute Gasteiger partial charge is 0.296 e. The summed E-state index contributed by atoms with van der Waals surface area (Å²) in [5.41, 5.74) is 0.520. The van der Waals surface area contributed by atoms with Crippen LogP contribution in [-0.4, -0.2) is 40.9 Å². The van der Waals surface area contributed by atoms with E-state index in [1.54, 1.807) is 54.7 Å². The number of carbonyl (C=O) groups is 2. The van der Waals surface area contributed by atoms with Crippen LogP contribution in [0.4, 0.5) is 0 Å². The van der Waals surface area contributed by atoms with Crippen molar-refractivity contribution in [2.75, 3.05) is 14.2 Å². The van der Waals surface area contributed by atoms with Crippen LogP contribution in [-0.2, 0) is 16.1 Å². The zero-order valence-electron chi connectivity index (χ0n) is 16.9. The number of hydrogen-bond acceptors (Lipinski definition) is 7. The maximum Gasteiger partial charge on any atom is 0.296 e. The Labute approximate surface area is 178 Å². The monoisotopic (exact) mass is 420 g/mol. The van der Waals surface area contributed by atoms with Crippen LogP contribution >= 0.6 is 0 Å². The highest BCUT2D eigenvalue weighted by Gasteiger charge is 2.47. The van der Waals surface area contributed by atoms with Crippen molar-refractivity contribution in [2.24, 2.45) is 0 Å². The quantitative estimate of drug-likeness (QED) is 0.371. The number of benzene rings is 1. The number of likely N-dealkylation sites (tertiary alicyclic amines) is 1. The lowest BCUT2D eigenvalue weighted by molar-refractivity contribution is -0.140. The Bertz CT molecular complexity index is 1120. The van der Waals surface area contributed by atoms with E-state index in [2.05, 4.69) is 4.98 Å². The van der Waals surface area contributed by atoms with Crippen molar-refractivity contribution < 1.29 is 28.6 Å². The minimum Gasteiger partial charge on any atom is -0.506 e. The Kier molecular flexibility index (Phi) is 5.44. The first-order valence-electron chi connectivity index (χ1n) is 9.50. The van der Waals surface area contributed by atoms with Gasteiger partial charge in [-0.05, 0) is 36.4 Å². The van der Waals surface area contributed by atoms with Gasteiger partial charge in [0.25, 0.3) is 11.7 Å². The number of furan rings is 1.